The van der Waals surface area contributed by atoms with Crippen molar-refractivity contribution in [1.29, 1.82) is 0 Å². The van der Waals surface area contributed by atoms with Crippen molar-refractivity contribution in [2.24, 2.45) is 0 Å². The van der Waals surface area contributed by atoms with Gasteiger partial charge in [-0.05, 0) is 0 Å². The number of hydrogen-bond donors (Lipinski definition) is 0. The fourth-order valence-corrected chi connectivity index (χ4v) is 6.13. The van der Waals surface area contributed by atoms with Gasteiger partial charge in [-0.25, -0.2) is 0 Å². The molecule has 0 atom stereocenters. The SMILES string of the molecule is CN(C)CC(=C[Se]c1ccccc1)[Se]c1ccccc1. The Morgan fingerprint density at radius 2 is 1.45 bits per heavy atom. The zero-order valence-electron chi connectivity index (χ0n) is 11.8. The quantitative estimate of drug-likeness (QED) is 0.670. The van der Waals surface area contributed by atoms with E-state index in [0.29, 0.717) is 29.9 Å². The summed E-state index contributed by atoms with van der Waals surface area (Å²) < 4.78 is 4.47. The molecule has 0 saturated carbocycles. The Bertz CT molecular complexity index is 535. The Morgan fingerprint density at radius 1 is 0.900 bits per heavy atom. The van der Waals surface area contributed by atoms with Crippen molar-refractivity contribution in [2.45, 2.75) is 0 Å². The van der Waals surface area contributed by atoms with Crippen molar-refractivity contribution < 1.29 is 0 Å². The van der Waals surface area contributed by atoms with Gasteiger partial charge in [0.25, 0.3) is 0 Å². The van der Waals surface area contributed by atoms with Gasteiger partial charge in [-0.2, -0.15) is 0 Å². The van der Waals surface area contributed by atoms with Crippen LogP contribution in [0.1, 0.15) is 0 Å². The van der Waals surface area contributed by atoms with E-state index in [1.165, 1.54) is 8.92 Å². The molecule has 0 aromatic heterocycles. The van der Waals surface area contributed by atoms with Crippen molar-refractivity contribution in [3.63, 3.8) is 0 Å². The normalized spacial score (nSPS) is 11.8. The third-order valence-electron chi connectivity index (χ3n) is 2.53. The molecule has 0 aliphatic rings. The van der Waals surface area contributed by atoms with Gasteiger partial charge in [-0.1, -0.05) is 0 Å². The molecule has 0 bridgehead atoms. The molecule has 0 unspecified atom stereocenters. The van der Waals surface area contributed by atoms with Crippen LogP contribution in [0, 0.1) is 0 Å². The van der Waals surface area contributed by atoms with Crippen LogP contribution in [0.5, 0.6) is 0 Å². The van der Waals surface area contributed by atoms with Gasteiger partial charge in [-0.3, -0.25) is 0 Å². The Labute approximate surface area is 134 Å². The molecule has 0 heterocycles. The molecular weight excluding hydrogens is 376 g/mol. The zero-order chi connectivity index (χ0) is 14.2. The first-order valence-corrected chi connectivity index (χ1v) is 10.1. The van der Waals surface area contributed by atoms with Crippen molar-refractivity contribution in [3.05, 3.63) is 70.1 Å². The fraction of sp³-hybridized carbons (Fsp3) is 0.176. The van der Waals surface area contributed by atoms with Crippen LogP contribution in [0.15, 0.2) is 70.1 Å². The molecule has 0 fully saturated rings. The molecule has 0 aliphatic heterocycles. The van der Waals surface area contributed by atoms with Crippen LogP contribution in [0.4, 0.5) is 0 Å². The van der Waals surface area contributed by atoms with Crippen molar-refractivity contribution in [3.8, 4) is 0 Å². The third kappa shape index (κ3) is 5.66. The molecule has 2 aromatic rings. The summed E-state index contributed by atoms with van der Waals surface area (Å²) >= 11 is 0.866. The minimum absolute atomic E-state index is 0.433. The first kappa shape index (κ1) is 15.6. The van der Waals surface area contributed by atoms with Crippen LogP contribution in [0.3, 0.4) is 0 Å². The number of rotatable bonds is 6. The summed E-state index contributed by atoms with van der Waals surface area (Å²) in [5.41, 5.74) is 0. The Kier molecular flexibility index (Phi) is 6.59. The Balaban J connectivity index is 2.07. The second-order valence-corrected chi connectivity index (χ2v) is 9.16. The van der Waals surface area contributed by atoms with Gasteiger partial charge in [0.2, 0.25) is 0 Å². The van der Waals surface area contributed by atoms with Crippen LogP contribution in [-0.4, -0.2) is 55.5 Å². The van der Waals surface area contributed by atoms with Gasteiger partial charge in [0.05, 0.1) is 0 Å². The van der Waals surface area contributed by atoms with Gasteiger partial charge in [0, 0.05) is 0 Å². The average Bonchev–Trinajstić information content (AvgIpc) is 2.46. The summed E-state index contributed by atoms with van der Waals surface area (Å²) in [6.07, 6.45) is 0. The summed E-state index contributed by atoms with van der Waals surface area (Å²) in [6.45, 7) is 1.06. The summed E-state index contributed by atoms with van der Waals surface area (Å²) in [5.74, 6) is 0. The van der Waals surface area contributed by atoms with E-state index in [0.717, 1.165) is 6.54 Å². The molecule has 1 nitrogen and oxygen atoms in total. The summed E-state index contributed by atoms with van der Waals surface area (Å²) in [5, 5.41) is 0. The summed E-state index contributed by atoms with van der Waals surface area (Å²) in [4.78, 5) is 4.73. The minimum atomic E-state index is 0.433. The molecule has 2 aromatic carbocycles. The number of hydrogen-bond acceptors (Lipinski definition) is 1. The Hall–Kier alpha value is -0.821. The summed E-state index contributed by atoms with van der Waals surface area (Å²) in [7, 11) is 4.29. The van der Waals surface area contributed by atoms with Gasteiger partial charge in [0.15, 0.2) is 0 Å². The van der Waals surface area contributed by atoms with Crippen LogP contribution in [-0.2, 0) is 0 Å². The molecule has 0 radical (unpaired) electrons. The monoisotopic (exact) mass is 397 g/mol. The van der Waals surface area contributed by atoms with E-state index in [4.69, 9.17) is 0 Å². The average molecular weight is 395 g/mol. The summed E-state index contributed by atoms with van der Waals surface area (Å²) in [6, 6.07) is 21.6. The van der Waals surface area contributed by atoms with Crippen molar-refractivity contribution >= 4 is 38.8 Å². The van der Waals surface area contributed by atoms with E-state index >= 15 is 0 Å². The van der Waals surface area contributed by atoms with Gasteiger partial charge < -0.3 is 0 Å². The molecule has 3 heteroatoms. The molecular formula is C17H19NSe2. The molecule has 0 saturated heterocycles. The molecule has 0 spiro atoms. The van der Waals surface area contributed by atoms with Gasteiger partial charge >= 0.3 is 134 Å². The molecule has 0 aliphatic carbocycles. The zero-order valence-corrected chi connectivity index (χ0v) is 15.2. The molecule has 2 rings (SSSR count). The molecule has 0 amide bonds. The van der Waals surface area contributed by atoms with E-state index < -0.39 is 0 Å². The van der Waals surface area contributed by atoms with Crippen LogP contribution >= 0.6 is 0 Å². The van der Waals surface area contributed by atoms with Crippen molar-refractivity contribution in [1.82, 2.24) is 4.90 Å². The maximum absolute atomic E-state index is 2.47. The maximum atomic E-state index is 2.47. The van der Waals surface area contributed by atoms with Crippen molar-refractivity contribution in [2.75, 3.05) is 20.6 Å². The first-order valence-electron chi connectivity index (χ1n) is 6.52. The Morgan fingerprint density at radius 3 is 2.00 bits per heavy atom. The van der Waals surface area contributed by atoms with E-state index in [-0.39, 0.29) is 0 Å². The predicted octanol–water partition coefficient (Wildman–Crippen LogP) is 1.45. The predicted molar refractivity (Wildman–Crippen MR) is 90.3 cm³/mol. The van der Waals surface area contributed by atoms with Gasteiger partial charge in [0.1, 0.15) is 0 Å². The third-order valence-corrected chi connectivity index (χ3v) is 7.41. The molecule has 20 heavy (non-hydrogen) atoms. The fourth-order valence-electron chi connectivity index (χ4n) is 1.68. The van der Waals surface area contributed by atoms with Crippen LogP contribution < -0.4 is 8.92 Å². The van der Waals surface area contributed by atoms with E-state index in [9.17, 15) is 0 Å². The second-order valence-electron chi connectivity index (χ2n) is 4.67. The molecule has 0 N–H and O–H groups in total. The van der Waals surface area contributed by atoms with Crippen LogP contribution in [0.2, 0.25) is 0 Å². The standard InChI is InChI=1S/C17H19NSe2/c1-18(2)13-17(20-16-11-7-4-8-12-16)14-19-15-9-5-3-6-10-15/h3-12,14H,13H2,1-2H3. The topological polar surface area (TPSA) is 3.24 Å². The number of benzene rings is 2. The molecule has 104 valence electrons. The van der Waals surface area contributed by atoms with Gasteiger partial charge in [-0.15, -0.1) is 0 Å². The van der Waals surface area contributed by atoms with Crippen LogP contribution in [0.25, 0.3) is 0 Å². The van der Waals surface area contributed by atoms with E-state index in [1.54, 1.807) is 4.47 Å². The first-order chi connectivity index (χ1) is 9.74. The second kappa shape index (κ2) is 8.46. The number of nitrogens with zero attached hydrogens (tertiary/aromatic N) is 1. The van der Waals surface area contributed by atoms with E-state index in [1.807, 2.05) is 0 Å². The number of likely N-dealkylation sites (N-methyl/N-ethyl adjacent to an activating group) is 1. The van der Waals surface area contributed by atoms with E-state index in [2.05, 4.69) is 84.6 Å².